The lowest BCUT2D eigenvalue weighted by atomic mass is 10.2. The maximum Gasteiger partial charge on any atom is 0.257 e. The molecule has 9 heteroatoms. The van der Waals surface area contributed by atoms with Gasteiger partial charge in [-0.3, -0.25) is 4.79 Å². The first-order valence-corrected chi connectivity index (χ1v) is 10.4. The van der Waals surface area contributed by atoms with E-state index in [2.05, 4.69) is 21.2 Å². The Morgan fingerprint density at radius 3 is 2.42 bits per heavy atom. The molecule has 1 aliphatic heterocycles. The highest BCUT2D eigenvalue weighted by molar-refractivity contribution is 9.10. The predicted octanol–water partition coefficient (Wildman–Crippen LogP) is 3.38. The third-order valence-electron chi connectivity index (χ3n) is 3.89. The molecule has 0 unspecified atom stereocenters. The average molecular weight is 460 g/mol. The molecule has 0 bridgehead atoms. The Bertz CT molecular complexity index is 913. The van der Waals surface area contributed by atoms with Crippen molar-refractivity contribution in [2.75, 3.05) is 31.6 Å². The fourth-order valence-corrected chi connectivity index (χ4v) is 4.41. The van der Waals surface area contributed by atoms with E-state index in [1.807, 2.05) is 0 Å². The number of amides is 1. The minimum absolute atomic E-state index is 0.0322. The highest BCUT2D eigenvalue weighted by atomic mass is 79.9. The minimum Gasteiger partial charge on any atom is -0.379 e. The van der Waals surface area contributed by atoms with Crippen molar-refractivity contribution in [2.24, 2.45) is 0 Å². The van der Waals surface area contributed by atoms with Crippen molar-refractivity contribution >= 4 is 49.1 Å². The maximum atomic E-state index is 12.8. The number of ether oxygens (including phenoxy) is 1. The first-order valence-electron chi connectivity index (χ1n) is 7.82. The molecule has 2 aromatic rings. The van der Waals surface area contributed by atoms with Gasteiger partial charge in [-0.2, -0.15) is 4.31 Å². The van der Waals surface area contributed by atoms with Gasteiger partial charge in [0.15, 0.2) is 0 Å². The van der Waals surface area contributed by atoms with Crippen molar-refractivity contribution in [3.05, 3.63) is 57.5 Å². The molecule has 6 nitrogen and oxygen atoms in total. The molecule has 138 valence electrons. The van der Waals surface area contributed by atoms with Gasteiger partial charge < -0.3 is 10.1 Å². The van der Waals surface area contributed by atoms with E-state index in [0.29, 0.717) is 18.9 Å². The summed E-state index contributed by atoms with van der Waals surface area (Å²) >= 11 is 9.44. The number of nitrogens with one attached hydrogen (secondary N) is 1. The van der Waals surface area contributed by atoms with E-state index >= 15 is 0 Å². The Morgan fingerprint density at radius 1 is 1.12 bits per heavy atom. The van der Waals surface area contributed by atoms with Gasteiger partial charge >= 0.3 is 0 Å². The van der Waals surface area contributed by atoms with Gasteiger partial charge in [-0.25, -0.2) is 8.42 Å². The number of carbonyl (C=O) groups excluding carboxylic acids is 1. The molecule has 26 heavy (non-hydrogen) atoms. The van der Waals surface area contributed by atoms with Gasteiger partial charge in [0, 0.05) is 23.2 Å². The summed E-state index contributed by atoms with van der Waals surface area (Å²) in [5.74, 6) is -0.476. The van der Waals surface area contributed by atoms with Crippen LogP contribution in [0.5, 0.6) is 0 Å². The van der Waals surface area contributed by atoms with Crippen LogP contribution in [0.25, 0.3) is 0 Å². The summed E-state index contributed by atoms with van der Waals surface area (Å²) in [5.41, 5.74) is 0.680. The standard InChI is InChI=1S/C17H16BrClN2O4S/c18-12-1-3-13(4-2-12)20-17(22)15-11-14(5-6-16(15)19)26(23,24)21-7-9-25-10-8-21/h1-6,11H,7-10H2,(H,20,22). The normalized spacial score (nSPS) is 15.6. The van der Waals surface area contributed by atoms with Crippen LogP contribution in [-0.2, 0) is 14.8 Å². The maximum absolute atomic E-state index is 12.8. The van der Waals surface area contributed by atoms with Crippen LogP contribution in [0.2, 0.25) is 5.02 Å². The van der Waals surface area contributed by atoms with Crippen molar-refractivity contribution in [3.8, 4) is 0 Å². The molecule has 1 N–H and O–H groups in total. The summed E-state index contributed by atoms with van der Waals surface area (Å²) in [5, 5.41) is 2.89. The minimum atomic E-state index is -3.70. The molecule has 2 aromatic carbocycles. The van der Waals surface area contributed by atoms with E-state index in [4.69, 9.17) is 16.3 Å². The van der Waals surface area contributed by atoms with Crippen molar-refractivity contribution < 1.29 is 17.9 Å². The number of sulfonamides is 1. The largest absolute Gasteiger partial charge is 0.379 e. The second kappa shape index (κ2) is 8.06. The third kappa shape index (κ3) is 4.27. The molecule has 1 saturated heterocycles. The monoisotopic (exact) mass is 458 g/mol. The molecule has 0 saturated carbocycles. The number of anilines is 1. The Morgan fingerprint density at radius 2 is 1.77 bits per heavy atom. The van der Waals surface area contributed by atoms with Crippen molar-refractivity contribution in [3.63, 3.8) is 0 Å². The summed E-state index contributed by atoms with van der Waals surface area (Å²) in [4.78, 5) is 12.6. The van der Waals surface area contributed by atoms with Crippen LogP contribution < -0.4 is 5.32 Å². The molecule has 1 aliphatic rings. The lowest BCUT2D eigenvalue weighted by Gasteiger charge is -2.26. The van der Waals surface area contributed by atoms with Crippen LogP contribution >= 0.6 is 27.5 Å². The van der Waals surface area contributed by atoms with Gasteiger partial charge in [-0.05, 0) is 42.5 Å². The van der Waals surface area contributed by atoms with E-state index in [0.717, 1.165) is 4.47 Å². The zero-order chi connectivity index (χ0) is 18.7. The summed E-state index contributed by atoms with van der Waals surface area (Å²) in [6.07, 6.45) is 0. The number of rotatable bonds is 4. The van der Waals surface area contributed by atoms with Crippen LogP contribution in [0, 0.1) is 0 Å². The zero-order valence-electron chi connectivity index (χ0n) is 13.6. The molecule has 0 spiro atoms. The average Bonchev–Trinajstić information content (AvgIpc) is 2.64. The summed E-state index contributed by atoms with van der Waals surface area (Å²) in [6, 6.07) is 11.2. The zero-order valence-corrected chi connectivity index (χ0v) is 16.8. The summed E-state index contributed by atoms with van der Waals surface area (Å²) in [7, 11) is -3.70. The number of halogens is 2. The first-order chi connectivity index (χ1) is 12.4. The van der Waals surface area contributed by atoms with E-state index in [-0.39, 0.29) is 28.6 Å². The Labute approximate surface area is 165 Å². The van der Waals surface area contributed by atoms with Crippen LogP contribution in [-0.4, -0.2) is 44.9 Å². The SMILES string of the molecule is O=C(Nc1ccc(Br)cc1)c1cc(S(=O)(=O)N2CCOCC2)ccc1Cl. The Hall–Kier alpha value is -1.45. The van der Waals surface area contributed by atoms with Gasteiger partial charge in [0.2, 0.25) is 10.0 Å². The highest BCUT2D eigenvalue weighted by Crippen LogP contribution is 2.25. The number of carbonyl (C=O) groups is 1. The van der Waals surface area contributed by atoms with Crippen molar-refractivity contribution in [1.82, 2.24) is 4.31 Å². The Balaban J connectivity index is 1.87. The van der Waals surface area contributed by atoms with Gasteiger partial charge in [-0.15, -0.1) is 0 Å². The highest BCUT2D eigenvalue weighted by Gasteiger charge is 2.27. The predicted molar refractivity (Wildman–Crippen MR) is 103 cm³/mol. The molecule has 1 amide bonds. The third-order valence-corrected chi connectivity index (χ3v) is 6.65. The lowest BCUT2D eigenvalue weighted by Crippen LogP contribution is -2.40. The van der Waals surface area contributed by atoms with E-state index in [9.17, 15) is 13.2 Å². The molecule has 3 rings (SSSR count). The fourth-order valence-electron chi connectivity index (χ4n) is 2.51. The van der Waals surface area contributed by atoms with Gasteiger partial charge in [0.05, 0.1) is 28.7 Å². The molecule has 1 fully saturated rings. The van der Waals surface area contributed by atoms with Crippen molar-refractivity contribution in [1.29, 1.82) is 0 Å². The van der Waals surface area contributed by atoms with Crippen LogP contribution in [0.4, 0.5) is 5.69 Å². The number of hydrogen-bond acceptors (Lipinski definition) is 4. The first kappa shape index (κ1) is 19.3. The molecular weight excluding hydrogens is 444 g/mol. The summed E-state index contributed by atoms with van der Waals surface area (Å²) < 4.78 is 32.9. The van der Waals surface area contributed by atoms with Gasteiger partial charge in [-0.1, -0.05) is 27.5 Å². The molecule has 0 aromatic heterocycles. The van der Waals surface area contributed by atoms with Crippen LogP contribution in [0.3, 0.4) is 0 Å². The fraction of sp³-hybridized carbons (Fsp3) is 0.235. The quantitative estimate of drug-likeness (QED) is 0.760. The van der Waals surface area contributed by atoms with Crippen LogP contribution in [0.15, 0.2) is 51.8 Å². The smallest absolute Gasteiger partial charge is 0.257 e. The van der Waals surface area contributed by atoms with E-state index < -0.39 is 15.9 Å². The number of benzene rings is 2. The second-order valence-electron chi connectivity index (χ2n) is 5.62. The number of hydrogen-bond donors (Lipinski definition) is 1. The Kier molecular flexibility index (Phi) is 5.99. The van der Waals surface area contributed by atoms with Crippen LogP contribution in [0.1, 0.15) is 10.4 Å². The molecule has 0 atom stereocenters. The molecule has 1 heterocycles. The summed E-state index contributed by atoms with van der Waals surface area (Å²) in [6.45, 7) is 1.27. The number of nitrogens with zero attached hydrogens (tertiary/aromatic N) is 1. The topological polar surface area (TPSA) is 75.7 Å². The molecule has 0 radical (unpaired) electrons. The molecular formula is C17H16BrClN2O4S. The van der Waals surface area contributed by atoms with Gasteiger partial charge in [0.25, 0.3) is 5.91 Å². The number of morpholine rings is 1. The molecule has 0 aliphatic carbocycles. The second-order valence-corrected chi connectivity index (χ2v) is 8.88. The lowest BCUT2D eigenvalue weighted by molar-refractivity contribution is 0.0730. The van der Waals surface area contributed by atoms with Crippen molar-refractivity contribution in [2.45, 2.75) is 4.90 Å². The van der Waals surface area contributed by atoms with Gasteiger partial charge in [0.1, 0.15) is 0 Å². The van der Waals surface area contributed by atoms with E-state index in [1.165, 1.54) is 22.5 Å². The van der Waals surface area contributed by atoms with E-state index in [1.54, 1.807) is 24.3 Å².